The number of hydrogen-bond acceptors (Lipinski definition) is 5. The first kappa shape index (κ1) is 17.2. The highest BCUT2D eigenvalue weighted by Crippen LogP contribution is 2.33. The van der Waals surface area contributed by atoms with Crippen LogP contribution in [0.2, 0.25) is 0 Å². The number of nitrogens with zero attached hydrogens (tertiary/aromatic N) is 1. The third-order valence-electron chi connectivity index (χ3n) is 3.40. The van der Waals surface area contributed by atoms with Crippen LogP contribution in [0.25, 0.3) is 0 Å². The Morgan fingerprint density at radius 2 is 1.90 bits per heavy atom. The minimum absolute atomic E-state index is 0.0820. The molecule has 0 aliphatic carbocycles. The summed E-state index contributed by atoms with van der Waals surface area (Å²) < 4.78 is 0. The first-order chi connectivity index (χ1) is 10.1. The second-order valence-corrected chi connectivity index (χ2v) is 5.04. The molecule has 0 aromatic heterocycles. The number of hydrogen-bond donors (Lipinski definition) is 3. The van der Waals surface area contributed by atoms with Crippen LogP contribution < -0.4 is 10.6 Å². The van der Waals surface area contributed by atoms with Crippen molar-refractivity contribution in [3.05, 3.63) is 28.3 Å². The van der Waals surface area contributed by atoms with Crippen molar-refractivity contribution in [2.45, 2.75) is 33.1 Å². The standard InChI is InChI=1S/C15H25N3O3/c1-3-6-12(9-10-19)11-17-14-8-5-7-13(16-4-2)15(14)18(20)21/h5,7-8,12,16-17,19H,3-4,6,9-11H2,1-2H3. The van der Waals surface area contributed by atoms with Gasteiger partial charge in [0.25, 0.3) is 0 Å². The van der Waals surface area contributed by atoms with Gasteiger partial charge in [0.1, 0.15) is 11.4 Å². The van der Waals surface area contributed by atoms with Crippen molar-refractivity contribution in [3.8, 4) is 0 Å². The fraction of sp³-hybridized carbons (Fsp3) is 0.600. The Hall–Kier alpha value is -1.82. The van der Waals surface area contributed by atoms with E-state index < -0.39 is 0 Å². The third kappa shape index (κ3) is 5.23. The number of aliphatic hydroxyl groups excluding tert-OH is 1. The van der Waals surface area contributed by atoms with E-state index in [9.17, 15) is 10.1 Å². The molecule has 1 rings (SSSR count). The van der Waals surface area contributed by atoms with Gasteiger partial charge in [0.15, 0.2) is 0 Å². The number of nitro groups is 1. The van der Waals surface area contributed by atoms with Crippen LogP contribution >= 0.6 is 0 Å². The second-order valence-electron chi connectivity index (χ2n) is 5.04. The molecule has 0 spiro atoms. The lowest BCUT2D eigenvalue weighted by atomic mass is 10.00. The van der Waals surface area contributed by atoms with Gasteiger partial charge in [0.2, 0.25) is 0 Å². The lowest BCUT2D eigenvalue weighted by Gasteiger charge is -2.17. The Bertz CT molecular complexity index is 446. The van der Waals surface area contributed by atoms with Crippen molar-refractivity contribution in [2.24, 2.45) is 5.92 Å². The van der Waals surface area contributed by atoms with Crippen molar-refractivity contribution in [1.29, 1.82) is 0 Å². The quantitative estimate of drug-likeness (QED) is 0.455. The van der Waals surface area contributed by atoms with Gasteiger partial charge < -0.3 is 15.7 Å². The highest BCUT2D eigenvalue weighted by atomic mass is 16.6. The Morgan fingerprint density at radius 1 is 1.24 bits per heavy atom. The summed E-state index contributed by atoms with van der Waals surface area (Å²) in [6.45, 7) is 5.41. The maximum atomic E-state index is 11.3. The molecule has 0 aliphatic rings. The van der Waals surface area contributed by atoms with Gasteiger partial charge in [-0.3, -0.25) is 10.1 Å². The summed E-state index contributed by atoms with van der Waals surface area (Å²) in [5, 5.41) is 26.6. The van der Waals surface area contributed by atoms with Gasteiger partial charge in [-0.1, -0.05) is 19.4 Å². The third-order valence-corrected chi connectivity index (χ3v) is 3.40. The van der Waals surface area contributed by atoms with E-state index in [1.165, 1.54) is 0 Å². The van der Waals surface area contributed by atoms with E-state index in [0.717, 1.165) is 12.8 Å². The smallest absolute Gasteiger partial charge is 0.315 e. The zero-order chi connectivity index (χ0) is 15.7. The van der Waals surface area contributed by atoms with E-state index in [4.69, 9.17) is 5.11 Å². The molecule has 0 saturated heterocycles. The first-order valence-electron chi connectivity index (χ1n) is 7.50. The number of aliphatic hydroxyl groups is 1. The zero-order valence-corrected chi connectivity index (χ0v) is 12.8. The largest absolute Gasteiger partial charge is 0.396 e. The molecule has 1 aromatic carbocycles. The van der Waals surface area contributed by atoms with Crippen LogP contribution in [0, 0.1) is 16.0 Å². The fourth-order valence-corrected chi connectivity index (χ4v) is 2.41. The topological polar surface area (TPSA) is 87.4 Å². The Kier molecular flexibility index (Phi) is 7.53. The van der Waals surface area contributed by atoms with Crippen LogP contribution in [0.5, 0.6) is 0 Å². The summed E-state index contributed by atoms with van der Waals surface area (Å²) in [6, 6.07) is 5.24. The van der Waals surface area contributed by atoms with Crippen LogP contribution in [0.3, 0.4) is 0 Å². The van der Waals surface area contributed by atoms with Gasteiger partial charge in [0, 0.05) is 19.7 Å². The maximum Gasteiger partial charge on any atom is 0.315 e. The maximum absolute atomic E-state index is 11.3. The van der Waals surface area contributed by atoms with E-state index >= 15 is 0 Å². The average Bonchev–Trinajstić information content (AvgIpc) is 2.45. The number of para-hydroxylation sites is 1. The molecule has 6 nitrogen and oxygen atoms in total. The van der Waals surface area contributed by atoms with Crippen molar-refractivity contribution in [3.63, 3.8) is 0 Å². The molecule has 3 N–H and O–H groups in total. The van der Waals surface area contributed by atoms with Gasteiger partial charge in [-0.2, -0.15) is 0 Å². The minimum Gasteiger partial charge on any atom is -0.396 e. The van der Waals surface area contributed by atoms with E-state index in [0.29, 0.717) is 36.8 Å². The number of rotatable bonds is 10. The van der Waals surface area contributed by atoms with Crippen LogP contribution in [0.1, 0.15) is 33.1 Å². The molecule has 6 heteroatoms. The van der Waals surface area contributed by atoms with E-state index in [-0.39, 0.29) is 17.2 Å². The molecule has 118 valence electrons. The highest BCUT2D eigenvalue weighted by molar-refractivity contribution is 5.76. The fourth-order valence-electron chi connectivity index (χ4n) is 2.41. The lowest BCUT2D eigenvalue weighted by Crippen LogP contribution is -2.16. The number of nitro benzene ring substituents is 1. The Balaban J connectivity index is 2.86. The van der Waals surface area contributed by atoms with Gasteiger partial charge in [0.05, 0.1) is 4.92 Å². The van der Waals surface area contributed by atoms with E-state index in [1.54, 1.807) is 18.2 Å². The van der Waals surface area contributed by atoms with Crippen LogP contribution in [-0.2, 0) is 0 Å². The van der Waals surface area contributed by atoms with Crippen molar-refractivity contribution < 1.29 is 10.0 Å². The predicted octanol–water partition coefficient (Wildman–Crippen LogP) is 3.24. The van der Waals surface area contributed by atoms with Gasteiger partial charge in [-0.05, 0) is 37.8 Å². The molecule has 1 unspecified atom stereocenters. The predicted molar refractivity (Wildman–Crippen MR) is 85.9 cm³/mol. The summed E-state index contributed by atoms with van der Waals surface area (Å²) in [5.41, 5.74) is 1.14. The average molecular weight is 295 g/mol. The SMILES string of the molecule is CCCC(CCO)CNc1cccc(NCC)c1[N+](=O)[O-]. The number of benzene rings is 1. The molecule has 21 heavy (non-hydrogen) atoms. The molecular weight excluding hydrogens is 270 g/mol. The molecule has 0 aliphatic heterocycles. The number of anilines is 2. The molecule has 0 saturated carbocycles. The molecule has 0 bridgehead atoms. The normalized spacial score (nSPS) is 12.0. The summed E-state index contributed by atoms with van der Waals surface area (Å²) in [4.78, 5) is 10.9. The summed E-state index contributed by atoms with van der Waals surface area (Å²) in [6.07, 6.45) is 2.74. The molecule has 0 heterocycles. The van der Waals surface area contributed by atoms with Crippen LogP contribution in [0.15, 0.2) is 18.2 Å². The summed E-state index contributed by atoms with van der Waals surface area (Å²) in [7, 11) is 0. The molecular formula is C15H25N3O3. The molecule has 0 radical (unpaired) electrons. The van der Waals surface area contributed by atoms with Gasteiger partial charge >= 0.3 is 5.69 Å². The minimum atomic E-state index is -0.360. The van der Waals surface area contributed by atoms with E-state index in [2.05, 4.69) is 17.6 Å². The Labute approximate surface area is 125 Å². The van der Waals surface area contributed by atoms with Crippen molar-refractivity contribution in [1.82, 2.24) is 0 Å². The van der Waals surface area contributed by atoms with Crippen LogP contribution in [0.4, 0.5) is 17.1 Å². The summed E-state index contributed by atoms with van der Waals surface area (Å²) in [5.74, 6) is 0.322. The molecule has 1 atom stereocenters. The first-order valence-corrected chi connectivity index (χ1v) is 7.50. The van der Waals surface area contributed by atoms with Gasteiger partial charge in [-0.25, -0.2) is 0 Å². The van der Waals surface area contributed by atoms with Crippen molar-refractivity contribution in [2.75, 3.05) is 30.3 Å². The van der Waals surface area contributed by atoms with Gasteiger partial charge in [-0.15, -0.1) is 0 Å². The molecule has 0 amide bonds. The second kappa shape index (κ2) is 9.18. The highest BCUT2D eigenvalue weighted by Gasteiger charge is 2.19. The van der Waals surface area contributed by atoms with E-state index in [1.807, 2.05) is 6.92 Å². The van der Waals surface area contributed by atoms with Crippen LogP contribution in [-0.4, -0.2) is 29.7 Å². The van der Waals surface area contributed by atoms with Crippen molar-refractivity contribution >= 4 is 17.1 Å². The molecule has 0 fully saturated rings. The number of nitrogens with one attached hydrogen (secondary N) is 2. The lowest BCUT2D eigenvalue weighted by molar-refractivity contribution is -0.383. The Morgan fingerprint density at radius 3 is 2.43 bits per heavy atom. The monoisotopic (exact) mass is 295 g/mol. The summed E-state index contributed by atoms with van der Waals surface area (Å²) >= 11 is 0. The molecule has 1 aromatic rings. The zero-order valence-electron chi connectivity index (χ0n) is 12.8.